The molecule has 17 heavy (non-hydrogen) atoms. The Morgan fingerprint density at radius 2 is 1.41 bits per heavy atom. The summed E-state index contributed by atoms with van der Waals surface area (Å²) in [7, 11) is 0. The lowest BCUT2D eigenvalue weighted by atomic mass is 10.5. The zero-order chi connectivity index (χ0) is 12.7. The molecule has 0 aromatic carbocycles. The third-order valence-corrected chi connectivity index (χ3v) is 1.78. The number of hydrogen-bond donors (Lipinski definition) is 2. The molecule has 0 aromatic heterocycles. The molecule has 0 saturated carbocycles. The van der Waals surface area contributed by atoms with Crippen LogP contribution in [-0.4, -0.2) is 60.8 Å². The third kappa shape index (κ3) is 9.49. The van der Waals surface area contributed by atoms with Crippen LogP contribution in [0.3, 0.4) is 0 Å². The van der Waals surface area contributed by atoms with Crippen molar-refractivity contribution in [1.82, 2.24) is 0 Å². The van der Waals surface area contributed by atoms with E-state index in [1.165, 1.54) is 0 Å². The fraction of sp³-hybridized carbons (Fsp3) is 0.600. The smallest absolute Gasteiger partial charge is 0.328 e. The number of ether oxygens (including phenoxy) is 3. The lowest BCUT2D eigenvalue weighted by molar-refractivity contribution is -0.134. The topological polar surface area (TPSA) is 109 Å². The molecule has 2 saturated heterocycles. The van der Waals surface area contributed by atoms with Gasteiger partial charge in [-0.3, -0.25) is 0 Å². The molecular formula is C10H14O7. The first-order valence-corrected chi connectivity index (χ1v) is 5.03. The molecule has 0 aromatic rings. The molecule has 2 aliphatic heterocycles. The Morgan fingerprint density at radius 1 is 1.06 bits per heavy atom. The van der Waals surface area contributed by atoms with Crippen LogP contribution in [0, 0.1) is 0 Å². The number of carbonyl (C=O) groups is 2. The number of aliphatic carboxylic acids is 2. The molecule has 96 valence electrons. The first-order valence-electron chi connectivity index (χ1n) is 5.03. The molecule has 0 radical (unpaired) electrons. The van der Waals surface area contributed by atoms with Crippen molar-refractivity contribution < 1.29 is 34.0 Å². The summed E-state index contributed by atoms with van der Waals surface area (Å²) in [5, 5.41) is 15.6. The molecule has 0 aliphatic carbocycles. The first-order chi connectivity index (χ1) is 8.08. The molecule has 0 spiro atoms. The maximum atomic E-state index is 9.55. The van der Waals surface area contributed by atoms with Gasteiger partial charge in [0.1, 0.15) is 12.2 Å². The van der Waals surface area contributed by atoms with E-state index in [0.717, 1.165) is 26.4 Å². The maximum Gasteiger partial charge on any atom is 0.328 e. The average Bonchev–Trinajstić information content (AvgIpc) is 3.09. The van der Waals surface area contributed by atoms with Crippen molar-refractivity contribution >= 4 is 11.9 Å². The molecule has 2 aliphatic rings. The van der Waals surface area contributed by atoms with Gasteiger partial charge < -0.3 is 24.4 Å². The Bertz CT molecular complexity index is 263. The number of carboxylic acids is 2. The van der Waals surface area contributed by atoms with Crippen LogP contribution in [-0.2, 0) is 23.8 Å². The summed E-state index contributed by atoms with van der Waals surface area (Å²) in [6.45, 7) is 3.26. The van der Waals surface area contributed by atoms with Crippen molar-refractivity contribution in [1.29, 1.82) is 0 Å². The molecule has 7 nitrogen and oxygen atoms in total. The van der Waals surface area contributed by atoms with Gasteiger partial charge >= 0.3 is 11.9 Å². The predicted octanol–water partition coefficient (Wildman–Crippen LogP) is -0.488. The van der Waals surface area contributed by atoms with Crippen LogP contribution < -0.4 is 0 Å². The van der Waals surface area contributed by atoms with Gasteiger partial charge in [-0.15, -0.1) is 0 Å². The van der Waals surface area contributed by atoms with Gasteiger partial charge in [-0.25, -0.2) is 9.59 Å². The highest BCUT2D eigenvalue weighted by atomic mass is 16.6. The summed E-state index contributed by atoms with van der Waals surface area (Å²) < 4.78 is 15.1. The van der Waals surface area contributed by atoms with E-state index in [0.29, 0.717) is 24.4 Å². The number of hydrogen-bond acceptors (Lipinski definition) is 5. The minimum absolute atomic E-state index is 0.392. The van der Waals surface area contributed by atoms with E-state index in [2.05, 4.69) is 0 Å². The van der Waals surface area contributed by atoms with Crippen molar-refractivity contribution in [2.45, 2.75) is 12.2 Å². The molecule has 2 unspecified atom stereocenters. The minimum Gasteiger partial charge on any atom is -0.478 e. The van der Waals surface area contributed by atoms with Gasteiger partial charge in [0, 0.05) is 12.2 Å². The van der Waals surface area contributed by atoms with Gasteiger partial charge in [-0.2, -0.15) is 0 Å². The zero-order valence-corrected chi connectivity index (χ0v) is 9.07. The van der Waals surface area contributed by atoms with E-state index < -0.39 is 11.9 Å². The van der Waals surface area contributed by atoms with Crippen molar-refractivity contribution in [3.63, 3.8) is 0 Å². The van der Waals surface area contributed by atoms with Gasteiger partial charge in [0.05, 0.1) is 26.4 Å². The highest BCUT2D eigenvalue weighted by molar-refractivity contribution is 5.89. The van der Waals surface area contributed by atoms with Gasteiger partial charge in [0.25, 0.3) is 0 Å². The van der Waals surface area contributed by atoms with E-state index in [1.54, 1.807) is 0 Å². The lowest BCUT2D eigenvalue weighted by Crippen LogP contribution is -2.06. The molecule has 7 heteroatoms. The number of carboxylic acid groups (broad SMARTS) is 2. The molecule has 0 bridgehead atoms. The summed E-state index contributed by atoms with van der Waals surface area (Å²) in [4.78, 5) is 19.1. The van der Waals surface area contributed by atoms with Crippen molar-refractivity contribution in [3.05, 3.63) is 12.2 Å². The average molecular weight is 246 g/mol. The van der Waals surface area contributed by atoms with E-state index >= 15 is 0 Å². The van der Waals surface area contributed by atoms with E-state index in [-0.39, 0.29) is 0 Å². The molecular weight excluding hydrogens is 232 g/mol. The summed E-state index contributed by atoms with van der Waals surface area (Å²) in [5.41, 5.74) is 0. The number of rotatable bonds is 6. The second-order valence-electron chi connectivity index (χ2n) is 3.46. The molecule has 2 heterocycles. The van der Waals surface area contributed by atoms with E-state index in [4.69, 9.17) is 24.4 Å². The lowest BCUT2D eigenvalue weighted by Gasteiger charge is -1.95. The van der Waals surface area contributed by atoms with Crippen LogP contribution in [0.2, 0.25) is 0 Å². The standard InChI is InChI=1S/C6H10O3.C4H4O4/c1(5-3-8-5)7-2-6-4-9-6;5-3(6)1-2-4(7)8/h5-6H,1-4H2;1-2H,(H,5,6)(H,7,8)/b;2-1-. The van der Waals surface area contributed by atoms with Crippen LogP contribution in [0.15, 0.2) is 12.2 Å². The van der Waals surface area contributed by atoms with Gasteiger partial charge in [-0.05, 0) is 0 Å². The zero-order valence-electron chi connectivity index (χ0n) is 9.07. The summed E-state index contributed by atoms with van der Waals surface area (Å²) in [6.07, 6.45) is 1.90. The van der Waals surface area contributed by atoms with Gasteiger partial charge in [0.2, 0.25) is 0 Å². The minimum atomic E-state index is -1.26. The van der Waals surface area contributed by atoms with Crippen LogP contribution in [0.5, 0.6) is 0 Å². The van der Waals surface area contributed by atoms with E-state index in [1.807, 2.05) is 0 Å². The van der Waals surface area contributed by atoms with Gasteiger partial charge in [-0.1, -0.05) is 0 Å². The van der Waals surface area contributed by atoms with Crippen molar-refractivity contribution in [2.24, 2.45) is 0 Å². The van der Waals surface area contributed by atoms with Crippen LogP contribution in [0.1, 0.15) is 0 Å². The second kappa shape index (κ2) is 7.00. The third-order valence-electron chi connectivity index (χ3n) is 1.78. The fourth-order valence-corrected chi connectivity index (χ4v) is 0.802. The summed E-state index contributed by atoms with van der Waals surface area (Å²) in [6, 6.07) is 0. The summed E-state index contributed by atoms with van der Waals surface area (Å²) in [5.74, 6) is -2.51. The first kappa shape index (κ1) is 13.6. The normalized spacial score (nSPS) is 24.9. The molecule has 2 N–H and O–H groups in total. The number of epoxide rings is 2. The van der Waals surface area contributed by atoms with Crippen LogP contribution in [0.4, 0.5) is 0 Å². The largest absolute Gasteiger partial charge is 0.478 e. The predicted molar refractivity (Wildman–Crippen MR) is 54.7 cm³/mol. The second-order valence-corrected chi connectivity index (χ2v) is 3.46. The summed E-state index contributed by atoms with van der Waals surface area (Å²) >= 11 is 0. The Labute approximate surface area is 97.6 Å². The molecule has 2 fully saturated rings. The van der Waals surface area contributed by atoms with Crippen molar-refractivity contribution in [2.75, 3.05) is 26.4 Å². The Balaban J connectivity index is 0.000000172. The molecule has 2 rings (SSSR count). The highest BCUT2D eigenvalue weighted by Crippen LogP contribution is 2.12. The monoisotopic (exact) mass is 246 g/mol. The van der Waals surface area contributed by atoms with Crippen molar-refractivity contribution in [3.8, 4) is 0 Å². The highest BCUT2D eigenvalue weighted by Gasteiger charge is 2.26. The molecule has 0 amide bonds. The SMILES string of the molecule is C(OCC1CO1)C1CO1.O=C(O)/C=C\C(=O)O. The fourth-order valence-electron chi connectivity index (χ4n) is 0.802. The Morgan fingerprint density at radius 3 is 1.65 bits per heavy atom. The quantitative estimate of drug-likeness (QED) is 0.481. The maximum absolute atomic E-state index is 9.55. The van der Waals surface area contributed by atoms with E-state index in [9.17, 15) is 9.59 Å². The Kier molecular flexibility index (Phi) is 5.61. The van der Waals surface area contributed by atoms with Crippen LogP contribution in [0.25, 0.3) is 0 Å². The van der Waals surface area contributed by atoms with Gasteiger partial charge in [0.15, 0.2) is 0 Å². The molecule has 2 atom stereocenters. The Hall–Kier alpha value is -1.44. The van der Waals surface area contributed by atoms with Crippen LogP contribution >= 0.6 is 0 Å².